The van der Waals surface area contributed by atoms with Crippen molar-refractivity contribution in [3.63, 3.8) is 0 Å². The molecule has 1 aliphatic carbocycles. The topological polar surface area (TPSA) is 141 Å². The van der Waals surface area contributed by atoms with Crippen molar-refractivity contribution in [1.29, 1.82) is 0 Å². The second-order valence-corrected chi connectivity index (χ2v) is 12.8. The van der Waals surface area contributed by atoms with Gasteiger partial charge in [-0.3, -0.25) is 4.68 Å². The minimum absolute atomic E-state index is 0.253. The number of methoxy groups -OCH3 is 3. The lowest BCUT2D eigenvalue weighted by molar-refractivity contribution is -0.0235. The molecule has 3 aromatic heterocycles. The summed E-state index contributed by atoms with van der Waals surface area (Å²) in [6.45, 7) is 8.17. The smallest absolute Gasteiger partial charge is 0.226 e. The van der Waals surface area contributed by atoms with Crippen molar-refractivity contribution < 1.29 is 28.8 Å². The zero-order chi connectivity index (χ0) is 33.6. The third-order valence-electron chi connectivity index (χ3n) is 8.83. The predicted molar refractivity (Wildman–Crippen MR) is 174 cm³/mol. The number of benzene rings is 2. The van der Waals surface area contributed by atoms with Crippen LogP contribution in [0.4, 0.5) is 10.3 Å². The van der Waals surface area contributed by atoms with Gasteiger partial charge in [0.1, 0.15) is 28.6 Å². The summed E-state index contributed by atoms with van der Waals surface area (Å²) >= 11 is 0. The summed E-state index contributed by atoms with van der Waals surface area (Å²) in [4.78, 5) is 9.80. The van der Waals surface area contributed by atoms with Crippen LogP contribution in [0, 0.1) is 5.82 Å². The highest BCUT2D eigenvalue weighted by molar-refractivity contribution is 5.96. The monoisotopic (exact) mass is 645 g/mol. The van der Waals surface area contributed by atoms with Gasteiger partial charge in [-0.1, -0.05) is 6.08 Å². The van der Waals surface area contributed by atoms with Gasteiger partial charge in [0.2, 0.25) is 5.95 Å². The number of anilines is 1. The molecule has 5 aromatic rings. The van der Waals surface area contributed by atoms with Gasteiger partial charge in [0, 0.05) is 36.0 Å². The van der Waals surface area contributed by atoms with E-state index in [4.69, 9.17) is 29.3 Å². The Balaban J connectivity index is 1.44. The van der Waals surface area contributed by atoms with Gasteiger partial charge in [-0.05, 0) is 57.7 Å². The van der Waals surface area contributed by atoms with Crippen LogP contribution in [0.3, 0.4) is 0 Å². The Bertz CT molecular complexity index is 1950. The summed E-state index contributed by atoms with van der Waals surface area (Å²) in [6, 6.07) is 8.18. The fourth-order valence-electron chi connectivity index (χ4n) is 6.48. The van der Waals surface area contributed by atoms with Crippen LogP contribution in [0.15, 0.2) is 55.4 Å². The van der Waals surface area contributed by atoms with E-state index in [1.807, 2.05) is 12.1 Å². The number of halogens is 1. The number of allylic oxidation sites excluding steroid dienone is 1. The van der Waals surface area contributed by atoms with Crippen molar-refractivity contribution in [3.05, 3.63) is 78.1 Å². The van der Waals surface area contributed by atoms with E-state index in [1.54, 1.807) is 61.8 Å². The Morgan fingerprint density at radius 3 is 2.57 bits per heavy atom. The number of ether oxygens (including phenoxy) is 3. The lowest BCUT2D eigenvalue weighted by Crippen LogP contribution is -2.41. The van der Waals surface area contributed by atoms with Gasteiger partial charge in [0.15, 0.2) is 11.5 Å². The third kappa shape index (κ3) is 6.08. The molecule has 12 nitrogen and oxygen atoms in total. The fourth-order valence-corrected chi connectivity index (χ4v) is 6.48. The Morgan fingerprint density at radius 1 is 1.09 bits per heavy atom. The average Bonchev–Trinajstić information content (AvgIpc) is 3.71. The average molecular weight is 646 g/mol. The number of hydrogen-bond acceptors (Lipinski definition) is 10. The zero-order valence-electron chi connectivity index (χ0n) is 27.2. The van der Waals surface area contributed by atoms with Crippen LogP contribution in [-0.4, -0.2) is 66.5 Å². The quantitative estimate of drug-likeness (QED) is 0.170. The first kappa shape index (κ1) is 32.2. The molecule has 1 aliphatic rings. The lowest BCUT2D eigenvalue weighted by Gasteiger charge is -2.42. The molecule has 1 saturated carbocycles. The molecule has 47 heavy (non-hydrogen) atoms. The summed E-state index contributed by atoms with van der Waals surface area (Å²) in [5.41, 5.74) is -0.753. The van der Waals surface area contributed by atoms with E-state index < -0.39 is 22.4 Å². The molecular formula is C34H40FN7O5. The SMILES string of the molecule is C=CC1(c2nc3c4cc(F)cc(OC)c4nc(NCc4ccc(OC)cc4OC)n3n2)CCCC(O)(c2cnn(CC(C)(C)O)c2)C1. The third-order valence-corrected chi connectivity index (χ3v) is 8.83. The normalized spacial score (nSPS) is 20.0. The van der Waals surface area contributed by atoms with Gasteiger partial charge in [0.05, 0.1) is 56.1 Å². The van der Waals surface area contributed by atoms with Crippen LogP contribution in [0.1, 0.15) is 56.5 Å². The number of hydrogen-bond donors (Lipinski definition) is 3. The summed E-state index contributed by atoms with van der Waals surface area (Å²) in [6.07, 6.45) is 7.28. The first-order valence-corrected chi connectivity index (χ1v) is 15.4. The van der Waals surface area contributed by atoms with Crippen LogP contribution in [0.2, 0.25) is 0 Å². The summed E-state index contributed by atoms with van der Waals surface area (Å²) in [5, 5.41) is 35.4. The number of nitrogens with one attached hydrogen (secondary N) is 1. The molecule has 0 bridgehead atoms. The molecule has 0 radical (unpaired) electrons. The molecule has 0 aliphatic heterocycles. The molecule has 2 atom stereocenters. The van der Waals surface area contributed by atoms with E-state index in [1.165, 1.54) is 19.2 Å². The van der Waals surface area contributed by atoms with E-state index in [0.717, 1.165) is 5.56 Å². The van der Waals surface area contributed by atoms with Gasteiger partial charge in [-0.2, -0.15) is 9.61 Å². The molecule has 3 heterocycles. The highest BCUT2D eigenvalue weighted by Gasteiger charge is 2.47. The minimum Gasteiger partial charge on any atom is -0.497 e. The largest absolute Gasteiger partial charge is 0.497 e. The fraction of sp³-hybridized carbons (Fsp3) is 0.412. The number of fused-ring (bicyclic) bond motifs is 3. The zero-order valence-corrected chi connectivity index (χ0v) is 27.2. The molecule has 0 saturated heterocycles. The number of rotatable bonds is 11. The first-order chi connectivity index (χ1) is 22.4. The molecule has 0 amide bonds. The van der Waals surface area contributed by atoms with E-state index in [-0.39, 0.29) is 18.7 Å². The highest BCUT2D eigenvalue weighted by atomic mass is 19.1. The summed E-state index contributed by atoms with van der Waals surface area (Å²) in [7, 11) is 4.64. The standard InChI is InChI=1S/C34H40FN7O5/c1-7-33(11-8-12-34(44,19-33)22-17-37-41(18-22)20-32(2,3)43)30-39-29-25-13-23(35)14-27(47-6)28(25)38-31(42(29)40-30)36-16-21-9-10-24(45-4)15-26(21)46-5/h7,9-10,13-15,17-18,43-44H,1,8,11-12,16,19-20H2,2-6H3,(H,36,38). The molecule has 0 spiro atoms. The Labute approximate surface area is 271 Å². The van der Waals surface area contributed by atoms with Gasteiger partial charge >= 0.3 is 0 Å². The predicted octanol–water partition coefficient (Wildman–Crippen LogP) is 4.91. The number of aromatic nitrogens is 6. The van der Waals surface area contributed by atoms with Crippen molar-refractivity contribution in [1.82, 2.24) is 29.4 Å². The lowest BCUT2D eigenvalue weighted by atomic mass is 9.65. The van der Waals surface area contributed by atoms with Crippen LogP contribution in [-0.2, 0) is 24.1 Å². The van der Waals surface area contributed by atoms with Crippen LogP contribution in [0.25, 0.3) is 16.6 Å². The van der Waals surface area contributed by atoms with Crippen LogP contribution >= 0.6 is 0 Å². The highest BCUT2D eigenvalue weighted by Crippen LogP contribution is 2.48. The second kappa shape index (κ2) is 12.1. The maximum absolute atomic E-state index is 14.8. The molecule has 3 N–H and O–H groups in total. The molecule has 6 rings (SSSR count). The first-order valence-electron chi connectivity index (χ1n) is 15.4. The molecular weight excluding hydrogens is 605 g/mol. The van der Waals surface area contributed by atoms with Gasteiger partial charge in [0.25, 0.3) is 0 Å². The van der Waals surface area contributed by atoms with E-state index in [2.05, 4.69) is 17.0 Å². The minimum atomic E-state index is -1.25. The molecule has 1 fully saturated rings. The van der Waals surface area contributed by atoms with Crippen molar-refractivity contribution in [3.8, 4) is 17.2 Å². The van der Waals surface area contributed by atoms with Gasteiger partial charge in [-0.25, -0.2) is 14.4 Å². The van der Waals surface area contributed by atoms with E-state index in [9.17, 15) is 14.6 Å². The van der Waals surface area contributed by atoms with Crippen molar-refractivity contribution >= 4 is 22.5 Å². The van der Waals surface area contributed by atoms with Crippen LogP contribution < -0.4 is 19.5 Å². The van der Waals surface area contributed by atoms with Gasteiger partial charge in [-0.15, -0.1) is 11.7 Å². The maximum Gasteiger partial charge on any atom is 0.226 e. The Kier molecular flexibility index (Phi) is 8.30. The number of nitrogens with zero attached hydrogens (tertiary/aromatic N) is 6. The Morgan fingerprint density at radius 2 is 1.87 bits per heavy atom. The molecule has 13 heteroatoms. The van der Waals surface area contributed by atoms with E-state index >= 15 is 0 Å². The summed E-state index contributed by atoms with van der Waals surface area (Å²) in [5.74, 6) is 1.83. The Hall–Kier alpha value is -4.75. The van der Waals surface area contributed by atoms with Crippen molar-refractivity contribution in [2.75, 3.05) is 26.6 Å². The maximum atomic E-state index is 14.8. The van der Waals surface area contributed by atoms with Crippen LogP contribution in [0.5, 0.6) is 17.2 Å². The molecule has 248 valence electrons. The molecule has 2 aromatic carbocycles. The van der Waals surface area contributed by atoms with E-state index in [0.29, 0.717) is 71.2 Å². The van der Waals surface area contributed by atoms with Gasteiger partial charge < -0.3 is 29.7 Å². The molecule has 2 unspecified atom stereocenters. The van der Waals surface area contributed by atoms with Crippen molar-refractivity contribution in [2.24, 2.45) is 0 Å². The second-order valence-electron chi connectivity index (χ2n) is 12.8. The number of aliphatic hydroxyl groups is 2. The summed E-state index contributed by atoms with van der Waals surface area (Å²) < 4.78 is 34.5. The van der Waals surface area contributed by atoms with Crippen molar-refractivity contribution in [2.45, 2.75) is 69.2 Å².